The fourth-order valence-electron chi connectivity index (χ4n) is 0.503. The maximum absolute atomic E-state index is 10.5. The van der Waals surface area contributed by atoms with Crippen LogP contribution in [0.15, 0.2) is 29.9 Å². The number of allylic oxidation sites excluding steroid dienone is 2. The van der Waals surface area contributed by atoms with Crippen LogP contribution < -0.4 is 5.32 Å². The molecule has 0 aliphatic carbocycles. The summed E-state index contributed by atoms with van der Waals surface area (Å²) in [6.45, 7) is 6.63. The van der Waals surface area contributed by atoms with Crippen LogP contribution in [0.25, 0.3) is 0 Å². The smallest absolute Gasteiger partial charge is 0.222 e. The van der Waals surface area contributed by atoms with E-state index >= 15 is 0 Å². The van der Waals surface area contributed by atoms with Crippen molar-refractivity contribution in [2.24, 2.45) is 4.99 Å². The monoisotopic (exact) mass is 152 g/mol. The van der Waals surface area contributed by atoms with Crippen LogP contribution in [0.2, 0.25) is 0 Å². The number of rotatable bonds is 2. The highest BCUT2D eigenvalue weighted by Crippen LogP contribution is 1.78. The van der Waals surface area contributed by atoms with Gasteiger partial charge in [0.05, 0.1) is 0 Å². The molecule has 0 fully saturated rings. The van der Waals surface area contributed by atoms with E-state index in [-0.39, 0.29) is 5.91 Å². The van der Waals surface area contributed by atoms with Crippen molar-refractivity contribution in [1.29, 1.82) is 0 Å². The molecule has 0 radical (unpaired) electrons. The molecule has 60 valence electrons. The average molecular weight is 152 g/mol. The predicted molar refractivity (Wildman–Crippen MR) is 46.3 cm³/mol. The van der Waals surface area contributed by atoms with E-state index in [4.69, 9.17) is 0 Å². The molecule has 0 unspecified atom stereocenters. The Kier molecular flexibility index (Phi) is 4.73. The molecule has 0 saturated heterocycles. The van der Waals surface area contributed by atoms with Crippen LogP contribution in [-0.2, 0) is 4.79 Å². The highest BCUT2D eigenvalue weighted by molar-refractivity contribution is 5.96. The van der Waals surface area contributed by atoms with Crippen LogP contribution >= 0.6 is 0 Å². The lowest BCUT2D eigenvalue weighted by Gasteiger charge is -1.96. The molecule has 1 amide bonds. The molecule has 0 aliphatic heterocycles. The molecule has 0 aromatic carbocycles. The van der Waals surface area contributed by atoms with Gasteiger partial charge in [0.1, 0.15) is 5.84 Å². The highest BCUT2D eigenvalue weighted by atomic mass is 16.1. The van der Waals surface area contributed by atoms with Crippen LogP contribution in [0.5, 0.6) is 0 Å². The van der Waals surface area contributed by atoms with Gasteiger partial charge in [0.2, 0.25) is 5.91 Å². The third-order valence-corrected chi connectivity index (χ3v) is 0.847. The van der Waals surface area contributed by atoms with Gasteiger partial charge in [-0.2, -0.15) is 0 Å². The van der Waals surface area contributed by atoms with Crippen molar-refractivity contribution in [2.45, 2.75) is 13.8 Å². The van der Waals surface area contributed by atoms with Gasteiger partial charge in [0, 0.05) is 13.1 Å². The van der Waals surface area contributed by atoms with Gasteiger partial charge in [-0.3, -0.25) is 4.79 Å². The summed E-state index contributed by atoms with van der Waals surface area (Å²) in [6.07, 6.45) is 4.87. The molecule has 1 N–H and O–H groups in total. The number of amides is 1. The number of nitrogens with zero attached hydrogens (tertiary/aromatic N) is 1. The van der Waals surface area contributed by atoms with E-state index in [2.05, 4.69) is 16.9 Å². The zero-order valence-electron chi connectivity index (χ0n) is 6.79. The van der Waals surface area contributed by atoms with Crippen LogP contribution in [0, 0.1) is 0 Å². The van der Waals surface area contributed by atoms with Crippen molar-refractivity contribution in [3.05, 3.63) is 24.9 Å². The molecule has 0 spiro atoms. The standard InChI is InChI=1S/C8H12N2O/c1-4-5-6-9-7(2)10-8(3)11/h4-6H,1H2,2-3H3,(H,9,10,11)/b6-5-. The van der Waals surface area contributed by atoms with Gasteiger partial charge in [0.15, 0.2) is 0 Å². The van der Waals surface area contributed by atoms with Crippen LogP contribution in [-0.4, -0.2) is 11.7 Å². The number of hydrogen-bond acceptors (Lipinski definition) is 2. The Morgan fingerprint density at radius 3 is 2.64 bits per heavy atom. The summed E-state index contributed by atoms with van der Waals surface area (Å²) in [5.41, 5.74) is 0. The van der Waals surface area contributed by atoms with Gasteiger partial charge in [-0.15, -0.1) is 0 Å². The first kappa shape index (κ1) is 9.62. The van der Waals surface area contributed by atoms with Crippen molar-refractivity contribution >= 4 is 11.7 Å². The normalized spacial score (nSPS) is 11.6. The zero-order valence-corrected chi connectivity index (χ0v) is 6.79. The average Bonchev–Trinajstić information content (AvgIpc) is 1.86. The fourth-order valence-corrected chi connectivity index (χ4v) is 0.503. The second-order valence-corrected chi connectivity index (χ2v) is 1.97. The van der Waals surface area contributed by atoms with Crippen LogP contribution in [0.1, 0.15) is 13.8 Å². The van der Waals surface area contributed by atoms with Gasteiger partial charge in [0.25, 0.3) is 0 Å². The van der Waals surface area contributed by atoms with Crippen molar-refractivity contribution in [3.63, 3.8) is 0 Å². The number of aliphatic imine (C=N–C) groups is 1. The first-order valence-electron chi connectivity index (χ1n) is 3.26. The van der Waals surface area contributed by atoms with E-state index in [0.29, 0.717) is 5.84 Å². The Morgan fingerprint density at radius 1 is 1.55 bits per heavy atom. The van der Waals surface area contributed by atoms with Gasteiger partial charge in [-0.1, -0.05) is 12.7 Å². The lowest BCUT2D eigenvalue weighted by Crippen LogP contribution is -2.24. The molecule has 3 nitrogen and oxygen atoms in total. The molecule has 0 rings (SSSR count). The van der Waals surface area contributed by atoms with E-state index in [9.17, 15) is 4.79 Å². The van der Waals surface area contributed by atoms with E-state index in [1.807, 2.05) is 0 Å². The van der Waals surface area contributed by atoms with Gasteiger partial charge < -0.3 is 5.32 Å². The fraction of sp³-hybridized carbons (Fsp3) is 0.250. The molecule has 0 aromatic heterocycles. The second-order valence-electron chi connectivity index (χ2n) is 1.97. The molecule has 0 heterocycles. The Bertz CT molecular complexity index is 204. The minimum Gasteiger partial charge on any atom is -0.315 e. The summed E-state index contributed by atoms with van der Waals surface area (Å²) >= 11 is 0. The molecule has 3 heteroatoms. The Balaban J connectivity index is 3.90. The number of amidine groups is 1. The number of carbonyl (C=O) groups is 1. The van der Waals surface area contributed by atoms with E-state index < -0.39 is 0 Å². The van der Waals surface area contributed by atoms with Gasteiger partial charge >= 0.3 is 0 Å². The first-order valence-corrected chi connectivity index (χ1v) is 3.26. The van der Waals surface area contributed by atoms with Crippen LogP contribution in [0.4, 0.5) is 0 Å². The van der Waals surface area contributed by atoms with E-state index in [1.54, 1.807) is 25.3 Å². The van der Waals surface area contributed by atoms with Crippen molar-refractivity contribution in [3.8, 4) is 0 Å². The maximum atomic E-state index is 10.5. The summed E-state index contributed by atoms with van der Waals surface area (Å²) < 4.78 is 0. The summed E-state index contributed by atoms with van der Waals surface area (Å²) in [7, 11) is 0. The number of hydrogen-bond donors (Lipinski definition) is 1. The number of nitrogens with one attached hydrogen (secondary N) is 1. The van der Waals surface area contributed by atoms with Crippen molar-refractivity contribution < 1.29 is 4.79 Å². The van der Waals surface area contributed by atoms with Gasteiger partial charge in [-0.25, -0.2) is 4.99 Å². The van der Waals surface area contributed by atoms with E-state index in [0.717, 1.165) is 0 Å². The van der Waals surface area contributed by atoms with Crippen LogP contribution in [0.3, 0.4) is 0 Å². The van der Waals surface area contributed by atoms with Crippen molar-refractivity contribution in [1.82, 2.24) is 5.32 Å². The lowest BCUT2D eigenvalue weighted by atomic mass is 10.5. The van der Waals surface area contributed by atoms with Gasteiger partial charge in [-0.05, 0) is 13.0 Å². The molecule has 0 saturated carbocycles. The SMILES string of the molecule is C=C/C=C\N=C(C)NC(C)=O. The third-order valence-electron chi connectivity index (χ3n) is 0.847. The molecule has 0 aromatic rings. The van der Waals surface area contributed by atoms with Crippen molar-refractivity contribution in [2.75, 3.05) is 0 Å². The molecular weight excluding hydrogens is 140 g/mol. The van der Waals surface area contributed by atoms with E-state index in [1.165, 1.54) is 6.92 Å². The molecule has 11 heavy (non-hydrogen) atoms. The third kappa shape index (κ3) is 6.51. The summed E-state index contributed by atoms with van der Waals surface area (Å²) in [5.74, 6) is 0.467. The topological polar surface area (TPSA) is 41.5 Å². The number of carbonyl (C=O) groups excluding carboxylic acids is 1. The summed E-state index contributed by atoms with van der Waals surface area (Å²) in [6, 6.07) is 0. The highest BCUT2D eigenvalue weighted by Gasteiger charge is 1.89. The predicted octanol–water partition coefficient (Wildman–Crippen LogP) is 1.24. The lowest BCUT2D eigenvalue weighted by molar-refractivity contribution is -0.117. The second kappa shape index (κ2) is 5.41. The molecule has 0 bridgehead atoms. The molecule has 0 aliphatic rings. The largest absolute Gasteiger partial charge is 0.315 e. The summed E-state index contributed by atoms with van der Waals surface area (Å²) in [5, 5.41) is 2.53. The Morgan fingerprint density at radius 2 is 2.18 bits per heavy atom. The maximum Gasteiger partial charge on any atom is 0.222 e. The quantitative estimate of drug-likeness (QED) is 0.361. The summed E-state index contributed by atoms with van der Waals surface area (Å²) in [4.78, 5) is 14.3. The Labute approximate surface area is 66.5 Å². The zero-order chi connectivity index (χ0) is 8.69. The Hall–Kier alpha value is -1.38. The minimum absolute atomic E-state index is 0.113. The molecular formula is C8H12N2O. The molecule has 0 atom stereocenters. The minimum atomic E-state index is -0.113. The first-order chi connectivity index (χ1) is 5.16.